The standard InChI is InChI=1S/C21H30N2O4S/c1-17-15-22(16-18(2)27-17)21(24)12-9-19-7-10-20(11-8-19)28(25,26)23-13-5-3-4-6-14-23/h7-12,17-18H,3-6,13-16H2,1-2H3/b12-9+. The van der Waals surface area contributed by atoms with Crippen LogP contribution in [-0.2, 0) is 19.6 Å². The van der Waals surface area contributed by atoms with Gasteiger partial charge in [0.1, 0.15) is 0 Å². The molecule has 7 heteroatoms. The molecular formula is C21H30N2O4S. The van der Waals surface area contributed by atoms with E-state index < -0.39 is 10.0 Å². The summed E-state index contributed by atoms with van der Waals surface area (Å²) in [6.45, 7) is 6.27. The lowest BCUT2D eigenvalue weighted by molar-refractivity contribution is -0.137. The molecule has 1 aromatic carbocycles. The van der Waals surface area contributed by atoms with Crippen molar-refractivity contribution in [3.63, 3.8) is 0 Å². The summed E-state index contributed by atoms with van der Waals surface area (Å²) in [7, 11) is -3.44. The second-order valence-corrected chi connectivity index (χ2v) is 9.66. The van der Waals surface area contributed by atoms with E-state index in [2.05, 4.69) is 0 Å². The van der Waals surface area contributed by atoms with Crippen LogP contribution in [0.15, 0.2) is 35.2 Å². The summed E-state index contributed by atoms with van der Waals surface area (Å²) in [5.41, 5.74) is 0.803. The molecule has 28 heavy (non-hydrogen) atoms. The molecule has 2 heterocycles. The first-order valence-electron chi connectivity index (χ1n) is 10.1. The highest BCUT2D eigenvalue weighted by atomic mass is 32.2. The van der Waals surface area contributed by atoms with Crippen molar-refractivity contribution in [3.8, 4) is 0 Å². The maximum Gasteiger partial charge on any atom is 0.246 e. The minimum Gasteiger partial charge on any atom is -0.372 e. The number of hydrogen-bond donors (Lipinski definition) is 0. The number of carbonyl (C=O) groups is 1. The van der Waals surface area contributed by atoms with Crippen molar-refractivity contribution in [1.82, 2.24) is 9.21 Å². The topological polar surface area (TPSA) is 66.9 Å². The molecule has 0 bridgehead atoms. The van der Waals surface area contributed by atoms with Gasteiger partial charge in [-0.15, -0.1) is 0 Å². The summed E-state index contributed by atoms with van der Waals surface area (Å²) < 4.78 is 32.9. The molecule has 0 spiro atoms. The fourth-order valence-electron chi connectivity index (χ4n) is 3.81. The van der Waals surface area contributed by atoms with Crippen LogP contribution >= 0.6 is 0 Å². The fourth-order valence-corrected chi connectivity index (χ4v) is 5.33. The highest BCUT2D eigenvalue weighted by molar-refractivity contribution is 7.89. The van der Waals surface area contributed by atoms with Crippen LogP contribution in [0.2, 0.25) is 0 Å². The van der Waals surface area contributed by atoms with E-state index in [-0.39, 0.29) is 18.1 Å². The first-order chi connectivity index (χ1) is 13.4. The largest absolute Gasteiger partial charge is 0.372 e. The van der Waals surface area contributed by atoms with Crippen LogP contribution in [-0.4, -0.2) is 61.9 Å². The Labute approximate surface area is 168 Å². The normalized spacial score (nSPS) is 25.0. The molecule has 154 valence electrons. The summed E-state index contributed by atoms with van der Waals surface area (Å²) >= 11 is 0. The predicted molar refractivity (Wildman–Crippen MR) is 109 cm³/mol. The van der Waals surface area contributed by atoms with Crippen LogP contribution < -0.4 is 0 Å². The number of amides is 1. The van der Waals surface area contributed by atoms with Crippen molar-refractivity contribution < 1.29 is 17.9 Å². The molecule has 6 nitrogen and oxygen atoms in total. The zero-order valence-corrected chi connectivity index (χ0v) is 17.5. The average molecular weight is 407 g/mol. The minimum absolute atomic E-state index is 0.0320. The first kappa shape index (κ1) is 21.0. The van der Waals surface area contributed by atoms with E-state index in [9.17, 15) is 13.2 Å². The van der Waals surface area contributed by atoms with Crippen LogP contribution in [0.3, 0.4) is 0 Å². The number of hydrogen-bond acceptors (Lipinski definition) is 4. The van der Waals surface area contributed by atoms with E-state index in [0.717, 1.165) is 31.2 Å². The molecule has 0 aromatic heterocycles. The highest BCUT2D eigenvalue weighted by Crippen LogP contribution is 2.21. The number of rotatable bonds is 4. The monoisotopic (exact) mass is 406 g/mol. The number of carbonyl (C=O) groups excluding carboxylic acids is 1. The van der Waals surface area contributed by atoms with Crippen molar-refractivity contribution in [1.29, 1.82) is 0 Å². The molecule has 0 saturated carbocycles. The maximum absolute atomic E-state index is 12.8. The van der Waals surface area contributed by atoms with Crippen LogP contribution in [0.4, 0.5) is 0 Å². The third-order valence-corrected chi connectivity index (χ3v) is 7.15. The summed E-state index contributed by atoms with van der Waals surface area (Å²) in [5.74, 6) is -0.0525. The lowest BCUT2D eigenvalue weighted by Crippen LogP contribution is -2.47. The number of sulfonamides is 1. The van der Waals surface area contributed by atoms with E-state index in [1.807, 2.05) is 13.8 Å². The van der Waals surface area contributed by atoms with Crippen molar-refractivity contribution in [2.75, 3.05) is 26.2 Å². The second-order valence-electron chi connectivity index (χ2n) is 7.72. The van der Waals surface area contributed by atoms with Gasteiger partial charge in [-0.1, -0.05) is 25.0 Å². The van der Waals surface area contributed by atoms with Crippen LogP contribution in [0.5, 0.6) is 0 Å². The molecular weight excluding hydrogens is 376 g/mol. The summed E-state index contributed by atoms with van der Waals surface area (Å²) in [5, 5.41) is 0. The number of nitrogens with zero attached hydrogens (tertiary/aromatic N) is 2. The Balaban J connectivity index is 1.65. The van der Waals surface area contributed by atoms with E-state index >= 15 is 0 Å². The van der Waals surface area contributed by atoms with Crippen molar-refractivity contribution in [3.05, 3.63) is 35.9 Å². The first-order valence-corrected chi connectivity index (χ1v) is 11.5. The van der Waals surface area contributed by atoms with Gasteiger partial charge in [-0.25, -0.2) is 8.42 Å². The molecule has 0 aliphatic carbocycles. The van der Waals surface area contributed by atoms with Crippen LogP contribution in [0, 0.1) is 0 Å². The van der Waals surface area contributed by atoms with Gasteiger partial charge in [0.15, 0.2) is 0 Å². The number of ether oxygens (including phenoxy) is 1. The highest BCUT2D eigenvalue weighted by Gasteiger charge is 2.25. The molecule has 2 aliphatic rings. The van der Waals surface area contributed by atoms with E-state index in [4.69, 9.17) is 4.74 Å². The molecule has 2 unspecified atom stereocenters. The van der Waals surface area contributed by atoms with Crippen LogP contribution in [0.1, 0.15) is 45.1 Å². The van der Waals surface area contributed by atoms with E-state index in [1.165, 1.54) is 0 Å². The van der Waals surface area contributed by atoms with Gasteiger partial charge in [-0.2, -0.15) is 4.31 Å². The van der Waals surface area contributed by atoms with Gasteiger partial charge in [0, 0.05) is 32.3 Å². The Bertz CT molecular complexity index is 786. The summed E-state index contributed by atoms with van der Waals surface area (Å²) in [6, 6.07) is 6.75. The third kappa shape index (κ3) is 5.21. The van der Waals surface area contributed by atoms with Gasteiger partial charge in [0.25, 0.3) is 0 Å². The lowest BCUT2D eigenvalue weighted by Gasteiger charge is -2.34. The summed E-state index contributed by atoms with van der Waals surface area (Å²) in [4.78, 5) is 14.5. The SMILES string of the molecule is CC1CN(C(=O)/C=C/c2ccc(S(=O)(=O)N3CCCCCC3)cc2)CC(C)O1. The minimum atomic E-state index is -3.44. The Hall–Kier alpha value is -1.70. The predicted octanol–water partition coefficient (Wildman–Crippen LogP) is 2.90. The molecule has 0 N–H and O–H groups in total. The van der Waals surface area contributed by atoms with Crippen molar-refractivity contribution >= 4 is 22.0 Å². The number of morpholine rings is 1. The van der Waals surface area contributed by atoms with Crippen molar-refractivity contribution in [2.45, 2.75) is 56.6 Å². The zero-order chi connectivity index (χ0) is 20.1. The van der Waals surface area contributed by atoms with Gasteiger partial charge >= 0.3 is 0 Å². The Morgan fingerprint density at radius 2 is 1.57 bits per heavy atom. The van der Waals surface area contributed by atoms with Crippen LogP contribution in [0.25, 0.3) is 6.08 Å². The lowest BCUT2D eigenvalue weighted by atomic mass is 10.2. The second kappa shape index (κ2) is 9.20. The van der Waals surface area contributed by atoms with Crippen molar-refractivity contribution in [2.24, 2.45) is 0 Å². The Morgan fingerprint density at radius 1 is 1.00 bits per heavy atom. The number of benzene rings is 1. The third-order valence-electron chi connectivity index (χ3n) is 5.23. The van der Waals surface area contributed by atoms with Gasteiger partial charge in [-0.3, -0.25) is 4.79 Å². The average Bonchev–Trinajstić information content (AvgIpc) is 2.96. The smallest absolute Gasteiger partial charge is 0.246 e. The molecule has 2 atom stereocenters. The van der Waals surface area contributed by atoms with E-state index in [1.54, 1.807) is 45.6 Å². The molecule has 0 radical (unpaired) electrons. The molecule has 2 fully saturated rings. The Morgan fingerprint density at radius 3 is 2.14 bits per heavy atom. The van der Waals surface area contributed by atoms with E-state index in [0.29, 0.717) is 31.1 Å². The van der Waals surface area contributed by atoms with Gasteiger partial charge in [0.05, 0.1) is 17.1 Å². The summed E-state index contributed by atoms with van der Waals surface area (Å²) in [6.07, 6.45) is 7.35. The molecule has 2 aliphatic heterocycles. The zero-order valence-electron chi connectivity index (χ0n) is 16.7. The van der Waals surface area contributed by atoms with Gasteiger partial charge in [-0.05, 0) is 50.5 Å². The maximum atomic E-state index is 12.8. The Kier molecular flexibility index (Phi) is 6.91. The molecule has 2 saturated heterocycles. The quantitative estimate of drug-likeness (QED) is 0.721. The van der Waals surface area contributed by atoms with Gasteiger partial charge in [0.2, 0.25) is 15.9 Å². The van der Waals surface area contributed by atoms with Gasteiger partial charge < -0.3 is 9.64 Å². The molecule has 1 amide bonds. The fraction of sp³-hybridized carbons (Fsp3) is 0.571. The molecule has 3 rings (SSSR count). The molecule has 1 aromatic rings.